The van der Waals surface area contributed by atoms with Gasteiger partial charge in [-0.25, -0.2) is 4.98 Å². The summed E-state index contributed by atoms with van der Waals surface area (Å²) < 4.78 is 1.96. The number of aryl methyl sites for hydroxylation is 1. The Morgan fingerprint density at radius 2 is 2.19 bits per heavy atom. The molecule has 0 atom stereocenters. The molecule has 4 rings (SSSR count). The van der Waals surface area contributed by atoms with Crippen LogP contribution in [0.15, 0.2) is 24.0 Å². The molecule has 1 aliphatic carbocycles. The molecule has 1 aliphatic heterocycles. The van der Waals surface area contributed by atoms with Gasteiger partial charge >= 0.3 is 0 Å². The highest BCUT2D eigenvalue weighted by Crippen LogP contribution is 2.30. The molecule has 2 aromatic heterocycles. The highest BCUT2D eigenvalue weighted by molar-refractivity contribution is 7.13. The number of hydrogen-bond acceptors (Lipinski definition) is 6. The van der Waals surface area contributed by atoms with Crippen molar-refractivity contribution in [2.24, 2.45) is 0 Å². The third-order valence-electron chi connectivity index (χ3n) is 5.25. The molecule has 26 heavy (non-hydrogen) atoms. The van der Waals surface area contributed by atoms with Crippen LogP contribution in [0.5, 0.6) is 0 Å². The summed E-state index contributed by atoms with van der Waals surface area (Å²) in [4.78, 5) is 19.7. The summed E-state index contributed by atoms with van der Waals surface area (Å²) in [5.74, 6) is 0.133. The quantitative estimate of drug-likeness (QED) is 0.776. The average Bonchev–Trinajstić information content (AvgIpc) is 3.12. The summed E-state index contributed by atoms with van der Waals surface area (Å²) in [5.41, 5.74) is 0.680. The SMILES string of the molecule is CCn1cc(CN2CCC(Nc3nccs3)(C(=O)NC3CC3)CC2)cn1. The molecule has 2 aromatic rings. The van der Waals surface area contributed by atoms with E-state index in [1.54, 1.807) is 17.5 Å². The maximum absolute atomic E-state index is 13.0. The third-order valence-corrected chi connectivity index (χ3v) is 5.94. The van der Waals surface area contributed by atoms with Gasteiger partial charge in [-0.05, 0) is 32.6 Å². The van der Waals surface area contributed by atoms with Crippen molar-refractivity contribution in [3.63, 3.8) is 0 Å². The van der Waals surface area contributed by atoms with E-state index in [1.165, 1.54) is 5.56 Å². The molecular formula is C18H26N6OS. The molecule has 0 bridgehead atoms. The molecule has 0 unspecified atom stereocenters. The Kier molecular flexibility index (Phi) is 4.95. The third kappa shape index (κ3) is 3.91. The Labute approximate surface area is 157 Å². The van der Waals surface area contributed by atoms with E-state index in [0.717, 1.165) is 57.0 Å². The van der Waals surface area contributed by atoms with Crippen molar-refractivity contribution in [2.75, 3.05) is 18.4 Å². The van der Waals surface area contributed by atoms with Crippen molar-refractivity contribution in [3.05, 3.63) is 29.5 Å². The van der Waals surface area contributed by atoms with Gasteiger partial charge in [0.2, 0.25) is 5.91 Å². The zero-order chi connectivity index (χ0) is 18.0. The van der Waals surface area contributed by atoms with Gasteiger partial charge in [0.15, 0.2) is 5.13 Å². The van der Waals surface area contributed by atoms with Crippen LogP contribution < -0.4 is 10.6 Å². The first-order chi connectivity index (χ1) is 12.7. The van der Waals surface area contributed by atoms with Crippen molar-refractivity contribution >= 4 is 22.4 Å². The minimum absolute atomic E-state index is 0.133. The van der Waals surface area contributed by atoms with Gasteiger partial charge < -0.3 is 10.6 Å². The number of amides is 1. The number of carbonyl (C=O) groups excluding carboxylic acids is 1. The molecule has 8 heteroatoms. The number of aromatic nitrogens is 3. The number of thiazole rings is 1. The smallest absolute Gasteiger partial charge is 0.246 e. The summed E-state index contributed by atoms with van der Waals surface area (Å²) in [6.45, 7) is 5.64. The number of hydrogen-bond donors (Lipinski definition) is 2. The van der Waals surface area contributed by atoms with Gasteiger partial charge in [-0.15, -0.1) is 11.3 Å². The lowest BCUT2D eigenvalue weighted by atomic mass is 9.86. The van der Waals surface area contributed by atoms with Crippen molar-refractivity contribution in [2.45, 2.75) is 57.3 Å². The molecule has 3 heterocycles. The number of anilines is 1. The van der Waals surface area contributed by atoms with Crippen LogP contribution in [0, 0.1) is 0 Å². The van der Waals surface area contributed by atoms with Crippen LogP contribution >= 0.6 is 11.3 Å². The number of nitrogens with zero attached hydrogens (tertiary/aromatic N) is 4. The standard InChI is InChI=1S/C18H26N6OS/c1-2-24-13-14(11-20-24)12-23-8-5-18(6-9-23,16(25)21-15-3-4-15)22-17-19-7-10-26-17/h7,10-11,13,15H,2-6,8-9,12H2,1H3,(H,19,22)(H,21,25). The highest BCUT2D eigenvalue weighted by Gasteiger charge is 2.43. The molecule has 2 fully saturated rings. The van der Waals surface area contributed by atoms with Gasteiger partial charge in [-0.2, -0.15) is 5.10 Å². The number of rotatable bonds is 7. The Bertz CT molecular complexity index is 731. The Hall–Kier alpha value is -1.93. The lowest BCUT2D eigenvalue weighted by Gasteiger charge is -2.41. The minimum atomic E-state index is -0.551. The molecular weight excluding hydrogens is 348 g/mol. The second-order valence-electron chi connectivity index (χ2n) is 7.27. The second kappa shape index (κ2) is 7.36. The number of piperidine rings is 1. The van der Waals surface area contributed by atoms with Crippen LogP contribution in [0.25, 0.3) is 0 Å². The molecule has 0 aromatic carbocycles. The number of likely N-dealkylation sites (tertiary alicyclic amines) is 1. The van der Waals surface area contributed by atoms with Gasteiger partial charge in [-0.3, -0.25) is 14.4 Å². The Morgan fingerprint density at radius 1 is 1.38 bits per heavy atom. The second-order valence-corrected chi connectivity index (χ2v) is 8.17. The first kappa shape index (κ1) is 17.5. The molecule has 1 amide bonds. The summed E-state index contributed by atoms with van der Waals surface area (Å²) in [7, 11) is 0. The van der Waals surface area contributed by atoms with E-state index >= 15 is 0 Å². The van der Waals surface area contributed by atoms with E-state index in [-0.39, 0.29) is 5.91 Å². The first-order valence-electron chi connectivity index (χ1n) is 9.39. The summed E-state index contributed by atoms with van der Waals surface area (Å²) in [6, 6.07) is 0.371. The minimum Gasteiger partial charge on any atom is -0.351 e. The Morgan fingerprint density at radius 3 is 2.81 bits per heavy atom. The van der Waals surface area contributed by atoms with Gasteiger partial charge in [0.25, 0.3) is 0 Å². The largest absolute Gasteiger partial charge is 0.351 e. The molecule has 2 N–H and O–H groups in total. The molecule has 140 valence electrons. The zero-order valence-electron chi connectivity index (χ0n) is 15.1. The zero-order valence-corrected chi connectivity index (χ0v) is 16.0. The van der Waals surface area contributed by atoms with Crippen LogP contribution in [0.3, 0.4) is 0 Å². The lowest BCUT2D eigenvalue weighted by molar-refractivity contribution is -0.127. The van der Waals surface area contributed by atoms with Crippen LogP contribution in [0.1, 0.15) is 38.2 Å². The van der Waals surface area contributed by atoms with Crippen LogP contribution in [-0.2, 0) is 17.9 Å². The molecule has 0 spiro atoms. The van der Waals surface area contributed by atoms with Crippen LogP contribution in [0.4, 0.5) is 5.13 Å². The van der Waals surface area contributed by atoms with Gasteiger partial charge in [-0.1, -0.05) is 0 Å². The fourth-order valence-electron chi connectivity index (χ4n) is 3.46. The predicted molar refractivity (Wildman–Crippen MR) is 102 cm³/mol. The molecule has 7 nitrogen and oxygen atoms in total. The molecule has 1 saturated carbocycles. The van der Waals surface area contributed by atoms with Crippen molar-refractivity contribution < 1.29 is 4.79 Å². The molecule has 2 aliphatic rings. The van der Waals surface area contributed by atoms with E-state index in [4.69, 9.17) is 0 Å². The fourth-order valence-corrected chi connectivity index (χ4v) is 4.09. The van der Waals surface area contributed by atoms with Crippen molar-refractivity contribution in [3.8, 4) is 0 Å². The topological polar surface area (TPSA) is 75.1 Å². The van der Waals surface area contributed by atoms with Crippen molar-refractivity contribution in [1.82, 2.24) is 25.0 Å². The summed E-state index contributed by atoms with van der Waals surface area (Å²) in [6.07, 6.45) is 9.60. The van der Waals surface area contributed by atoms with Crippen molar-refractivity contribution in [1.29, 1.82) is 0 Å². The van der Waals surface area contributed by atoms with E-state index in [1.807, 2.05) is 16.3 Å². The Balaban J connectivity index is 1.41. The maximum Gasteiger partial charge on any atom is 0.246 e. The normalized spacial score (nSPS) is 20.0. The van der Waals surface area contributed by atoms with E-state index in [2.05, 4.69) is 38.7 Å². The van der Waals surface area contributed by atoms with Crippen LogP contribution in [-0.4, -0.2) is 50.2 Å². The highest BCUT2D eigenvalue weighted by atomic mass is 32.1. The van der Waals surface area contributed by atoms with Gasteiger partial charge in [0, 0.05) is 55.6 Å². The first-order valence-corrected chi connectivity index (χ1v) is 10.3. The van der Waals surface area contributed by atoms with Gasteiger partial charge in [0.1, 0.15) is 5.54 Å². The molecule has 1 saturated heterocycles. The molecule has 0 radical (unpaired) electrons. The average molecular weight is 375 g/mol. The maximum atomic E-state index is 13.0. The van der Waals surface area contributed by atoms with E-state index in [0.29, 0.717) is 6.04 Å². The predicted octanol–water partition coefficient (Wildman–Crippen LogP) is 2.08. The van der Waals surface area contributed by atoms with E-state index in [9.17, 15) is 4.79 Å². The number of carbonyl (C=O) groups is 1. The monoisotopic (exact) mass is 374 g/mol. The summed E-state index contributed by atoms with van der Waals surface area (Å²) in [5, 5.41) is 13.8. The fraction of sp³-hybridized carbons (Fsp3) is 0.611. The van der Waals surface area contributed by atoms with E-state index < -0.39 is 5.54 Å². The summed E-state index contributed by atoms with van der Waals surface area (Å²) >= 11 is 1.55. The van der Waals surface area contributed by atoms with Gasteiger partial charge in [0.05, 0.1) is 6.20 Å². The number of nitrogens with one attached hydrogen (secondary N) is 2. The lowest BCUT2D eigenvalue weighted by Crippen LogP contribution is -2.58. The van der Waals surface area contributed by atoms with Crippen LogP contribution in [0.2, 0.25) is 0 Å².